The Labute approximate surface area is 168 Å². The van der Waals surface area contributed by atoms with Crippen LogP contribution in [-0.2, 0) is 34.5 Å². The zero-order valence-electron chi connectivity index (χ0n) is 14.6. The third kappa shape index (κ3) is 5.74. The van der Waals surface area contributed by atoms with Crippen molar-refractivity contribution in [3.05, 3.63) is 100 Å². The number of nitrogens with one attached hydrogen (secondary N) is 1. The maximum absolute atomic E-state index is 12.5. The molecule has 3 rings (SSSR count). The highest BCUT2D eigenvalue weighted by molar-refractivity contribution is 9.10. The van der Waals surface area contributed by atoms with E-state index in [4.69, 9.17) is 4.74 Å². The highest BCUT2D eigenvalue weighted by Gasteiger charge is 2.14. The average molecular weight is 446 g/mol. The molecule has 0 saturated heterocycles. The molecular weight excluding hydrogens is 426 g/mol. The van der Waals surface area contributed by atoms with Crippen LogP contribution in [0.4, 0.5) is 0 Å². The molecule has 0 unspecified atom stereocenters. The van der Waals surface area contributed by atoms with Crippen molar-refractivity contribution in [1.82, 2.24) is 4.72 Å². The first-order valence-electron chi connectivity index (χ1n) is 8.48. The minimum atomic E-state index is -3.57. The molecule has 0 heterocycles. The number of sulfonamides is 1. The van der Waals surface area contributed by atoms with Crippen LogP contribution in [0.2, 0.25) is 0 Å². The number of hydrogen-bond donors (Lipinski definition) is 1. The van der Waals surface area contributed by atoms with E-state index in [2.05, 4.69) is 20.7 Å². The minimum absolute atomic E-state index is 0.212. The third-order valence-corrected chi connectivity index (χ3v) is 6.01. The van der Waals surface area contributed by atoms with E-state index in [0.717, 1.165) is 21.2 Å². The summed E-state index contributed by atoms with van der Waals surface area (Å²) in [6.45, 7) is 1.15. The van der Waals surface area contributed by atoms with Crippen molar-refractivity contribution in [2.45, 2.75) is 24.7 Å². The summed E-state index contributed by atoms with van der Waals surface area (Å²) in [7, 11) is -3.57. The van der Waals surface area contributed by atoms with Gasteiger partial charge in [-0.05, 0) is 41.0 Å². The summed E-state index contributed by atoms with van der Waals surface area (Å²) in [5.41, 5.74) is 2.96. The van der Waals surface area contributed by atoms with Crippen LogP contribution in [0.1, 0.15) is 16.7 Å². The van der Waals surface area contributed by atoms with E-state index in [1.165, 1.54) is 0 Å². The van der Waals surface area contributed by atoms with Crippen molar-refractivity contribution in [2.24, 2.45) is 0 Å². The molecule has 3 aromatic rings. The first-order valence-corrected chi connectivity index (χ1v) is 10.8. The van der Waals surface area contributed by atoms with Crippen molar-refractivity contribution in [3.63, 3.8) is 0 Å². The third-order valence-electron chi connectivity index (χ3n) is 4.06. The smallest absolute Gasteiger partial charge is 0.240 e. The molecule has 0 aromatic heterocycles. The second-order valence-electron chi connectivity index (χ2n) is 6.03. The monoisotopic (exact) mass is 445 g/mol. The van der Waals surface area contributed by atoms with Gasteiger partial charge in [-0.25, -0.2) is 13.1 Å². The lowest BCUT2D eigenvalue weighted by Crippen LogP contribution is -2.23. The van der Waals surface area contributed by atoms with Crippen LogP contribution < -0.4 is 4.72 Å². The Morgan fingerprint density at radius 1 is 0.778 bits per heavy atom. The second-order valence-corrected chi connectivity index (χ2v) is 8.71. The molecule has 0 saturated carbocycles. The predicted octanol–water partition coefficient (Wildman–Crippen LogP) is 4.64. The van der Waals surface area contributed by atoms with E-state index < -0.39 is 10.0 Å². The zero-order valence-corrected chi connectivity index (χ0v) is 17.0. The average Bonchev–Trinajstić information content (AvgIpc) is 2.68. The Morgan fingerprint density at radius 3 is 2.11 bits per heavy atom. The molecule has 0 atom stereocenters. The van der Waals surface area contributed by atoms with E-state index in [1.807, 2.05) is 54.6 Å². The lowest BCUT2D eigenvalue weighted by Gasteiger charge is -2.12. The summed E-state index contributed by atoms with van der Waals surface area (Å²) >= 11 is 3.31. The molecule has 0 aliphatic heterocycles. The molecule has 0 fully saturated rings. The van der Waals surface area contributed by atoms with Crippen molar-refractivity contribution < 1.29 is 13.2 Å². The largest absolute Gasteiger partial charge is 0.372 e. The maximum atomic E-state index is 12.5. The quantitative estimate of drug-likeness (QED) is 0.549. The number of halogens is 1. The topological polar surface area (TPSA) is 55.4 Å². The number of hydrogen-bond acceptors (Lipinski definition) is 3. The Balaban J connectivity index is 1.62. The van der Waals surface area contributed by atoms with Gasteiger partial charge in [0.05, 0.1) is 18.1 Å². The summed E-state index contributed by atoms with van der Waals surface area (Å²) in [4.78, 5) is 0.239. The highest BCUT2D eigenvalue weighted by atomic mass is 79.9. The predicted molar refractivity (Wildman–Crippen MR) is 110 cm³/mol. The van der Waals surface area contributed by atoms with Crippen LogP contribution in [0.25, 0.3) is 0 Å². The first kappa shape index (κ1) is 19.8. The van der Waals surface area contributed by atoms with Gasteiger partial charge in [0.25, 0.3) is 0 Å². The fraction of sp³-hybridized carbons (Fsp3) is 0.143. The second kappa shape index (κ2) is 9.28. The van der Waals surface area contributed by atoms with Crippen molar-refractivity contribution in [1.29, 1.82) is 0 Å². The molecule has 4 nitrogen and oxygen atoms in total. The van der Waals surface area contributed by atoms with Crippen LogP contribution in [0.5, 0.6) is 0 Å². The highest BCUT2D eigenvalue weighted by Crippen LogP contribution is 2.16. The minimum Gasteiger partial charge on any atom is -0.372 e. The fourth-order valence-electron chi connectivity index (χ4n) is 2.59. The number of benzene rings is 3. The Kier molecular flexibility index (Phi) is 6.79. The standard InChI is InChI=1S/C21H20BrNO3S/c22-20-10-12-21(13-11-20)27(24,25)23-14-18-8-4-5-9-19(18)16-26-15-17-6-2-1-3-7-17/h1-13,23H,14-16H2. The van der Waals surface area contributed by atoms with Gasteiger partial charge in [0.15, 0.2) is 0 Å². The number of ether oxygens (including phenoxy) is 1. The van der Waals surface area contributed by atoms with Crippen LogP contribution in [-0.4, -0.2) is 8.42 Å². The SMILES string of the molecule is O=S(=O)(NCc1ccccc1COCc1ccccc1)c1ccc(Br)cc1. The fourth-order valence-corrected chi connectivity index (χ4v) is 3.86. The van der Waals surface area contributed by atoms with E-state index in [0.29, 0.717) is 13.2 Å². The maximum Gasteiger partial charge on any atom is 0.240 e. The summed E-state index contributed by atoms with van der Waals surface area (Å²) in [5.74, 6) is 0. The van der Waals surface area contributed by atoms with E-state index in [9.17, 15) is 8.42 Å². The molecule has 0 amide bonds. The van der Waals surface area contributed by atoms with Crippen molar-refractivity contribution >= 4 is 26.0 Å². The van der Waals surface area contributed by atoms with Crippen LogP contribution in [0.15, 0.2) is 88.2 Å². The van der Waals surface area contributed by atoms with E-state index in [1.54, 1.807) is 24.3 Å². The molecule has 0 aliphatic carbocycles. The Bertz CT molecular complexity index is 974. The lowest BCUT2D eigenvalue weighted by molar-refractivity contribution is 0.106. The van der Waals surface area contributed by atoms with Gasteiger partial charge >= 0.3 is 0 Å². The molecular formula is C21H20BrNO3S. The van der Waals surface area contributed by atoms with Gasteiger partial charge in [-0.1, -0.05) is 70.5 Å². The molecule has 1 N–H and O–H groups in total. The van der Waals surface area contributed by atoms with Crippen molar-refractivity contribution in [3.8, 4) is 0 Å². The zero-order chi connectivity index (χ0) is 19.1. The van der Waals surface area contributed by atoms with Gasteiger partial charge in [0, 0.05) is 11.0 Å². The van der Waals surface area contributed by atoms with Gasteiger partial charge in [0.1, 0.15) is 0 Å². The van der Waals surface area contributed by atoms with Gasteiger partial charge in [-0.3, -0.25) is 0 Å². The summed E-state index contributed by atoms with van der Waals surface area (Å²) < 4.78 is 34.2. The first-order chi connectivity index (χ1) is 13.0. The van der Waals surface area contributed by atoms with Crippen LogP contribution in [0, 0.1) is 0 Å². The van der Waals surface area contributed by atoms with Gasteiger partial charge in [0.2, 0.25) is 10.0 Å². The molecule has 27 heavy (non-hydrogen) atoms. The van der Waals surface area contributed by atoms with Crippen LogP contribution >= 0.6 is 15.9 Å². The Morgan fingerprint density at radius 2 is 1.41 bits per heavy atom. The molecule has 3 aromatic carbocycles. The molecule has 0 radical (unpaired) electrons. The molecule has 6 heteroatoms. The molecule has 140 valence electrons. The molecule has 0 spiro atoms. The summed E-state index contributed by atoms with van der Waals surface area (Å²) in [6, 6.07) is 24.2. The normalized spacial score (nSPS) is 11.4. The summed E-state index contributed by atoms with van der Waals surface area (Å²) in [6.07, 6.45) is 0. The van der Waals surface area contributed by atoms with Gasteiger partial charge in [-0.15, -0.1) is 0 Å². The van der Waals surface area contributed by atoms with Gasteiger partial charge in [-0.2, -0.15) is 0 Å². The number of rotatable bonds is 8. The molecule has 0 aliphatic rings. The van der Waals surface area contributed by atoms with E-state index in [-0.39, 0.29) is 11.4 Å². The Hall–Kier alpha value is -1.99. The van der Waals surface area contributed by atoms with Gasteiger partial charge < -0.3 is 4.74 Å². The lowest BCUT2D eigenvalue weighted by atomic mass is 10.1. The van der Waals surface area contributed by atoms with E-state index >= 15 is 0 Å². The van der Waals surface area contributed by atoms with Crippen molar-refractivity contribution in [2.75, 3.05) is 0 Å². The molecule has 0 bridgehead atoms. The van der Waals surface area contributed by atoms with Crippen LogP contribution in [0.3, 0.4) is 0 Å². The summed E-state index contributed by atoms with van der Waals surface area (Å²) in [5, 5.41) is 0.